The molecule has 0 aliphatic rings. The van der Waals surface area contributed by atoms with Gasteiger partial charge in [-0.15, -0.1) is 0 Å². The minimum absolute atomic E-state index is 0.271. The number of nitrogens with one attached hydrogen (secondary N) is 1. The van der Waals surface area contributed by atoms with Crippen molar-refractivity contribution in [3.8, 4) is 0 Å². The number of aliphatic hydroxyl groups is 1. The highest BCUT2D eigenvalue weighted by atomic mass is 16.6. The first-order valence-corrected chi connectivity index (χ1v) is 4.68. The molecular weight excluding hydrogens is 196 g/mol. The second kappa shape index (κ2) is 3.66. The van der Waals surface area contributed by atoms with Gasteiger partial charge in [-0.1, -0.05) is 0 Å². The fourth-order valence-corrected chi connectivity index (χ4v) is 0.779. The summed E-state index contributed by atoms with van der Waals surface area (Å²) in [6.07, 6.45) is 2.77. The van der Waals surface area contributed by atoms with Crippen LogP contribution in [0.3, 0.4) is 0 Å². The van der Waals surface area contributed by atoms with E-state index in [1.807, 2.05) is 0 Å². The van der Waals surface area contributed by atoms with Crippen LogP contribution in [-0.2, 0) is 4.74 Å². The molecule has 84 valence electrons. The normalized spacial score (nSPS) is 12.6. The number of H-pyrrole nitrogens is 1. The molecule has 5 heteroatoms. The van der Waals surface area contributed by atoms with Gasteiger partial charge in [-0.25, -0.2) is 9.78 Å². The van der Waals surface area contributed by atoms with Crippen LogP contribution in [0, 0.1) is 0 Å². The Bertz CT molecular complexity index is 336. The Labute approximate surface area is 88.5 Å². The molecule has 0 aliphatic carbocycles. The van der Waals surface area contributed by atoms with Gasteiger partial charge in [0, 0.05) is 0 Å². The molecular formula is C10H16N2O3. The molecule has 1 rings (SSSR count). The molecule has 0 fully saturated rings. The van der Waals surface area contributed by atoms with Crippen molar-refractivity contribution in [1.82, 2.24) is 9.97 Å². The van der Waals surface area contributed by atoms with E-state index >= 15 is 0 Å². The SMILES string of the molecule is CC(C)(O)C(C)(C)OC(=O)c1cnc[nH]1. The van der Waals surface area contributed by atoms with E-state index in [9.17, 15) is 9.90 Å². The van der Waals surface area contributed by atoms with E-state index in [1.54, 1.807) is 27.7 Å². The van der Waals surface area contributed by atoms with Gasteiger partial charge in [0.15, 0.2) is 0 Å². The molecule has 1 heterocycles. The van der Waals surface area contributed by atoms with E-state index in [1.165, 1.54) is 12.5 Å². The standard InChI is InChI=1S/C10H16N2O3/c1-9(2,14)10(3,4)15-8(13)7-5-11-6-12-7/h5-6,14H,1-4H3,(H,11,12). The van der Waals surface area contributed by atoms with Crippen LogP contribution in [0.4, 0.5) is 0 Å². The molecule has 1 aromatic heterocycles. The summed E-state index contributed by atoms with van der Waals surface area (Å²) >= 11 is 0. The minimum atomic E-state index is -1.11. The van der Waals surface area contributed by atoms with Crippen LogP contribution in [0.1, 0.15) is 38.2 Å². The summed E-state index contributed by atoms with van der Waals surface area (Å²) < 4.78 is 5.19. The van der Waals surface area contributed by atoms with Crippen molar-refractivity contribution in [3.05, 3.63) is 18.2 Å². The van der Waals surface area contributed by atoms with E-state index in [4.69, 9.17) is 4.74 Å². The highest BCUT2D eigenvalue weighted by molar-refractivity contribution is 5.87. The number of hydrogen-bond donors (Lipinski definition) is 2. The number of aromatic amines is 1. The Kier molecular flexibility index (Phi) is 2.86. The topological polar surface area (TPSA) is 75.2 Å². The number of esters is 1. The molecule has 0 spiro atoms. The van der Waals surface area contributed by atoms with E-state index in [0.717, 1.165) is 0 Å². The fraction of sp³-hybridized carbons (Fsp3) is 0.600. The number of rotatable bonds is 3. The van der Waals surface area contributed by atoms with Crippen LogP contribution < -0.4 is 0 Å². The van der Waals surface area contributed by atoms with Crippen molar-refractivity contribution in [2.24, 2.45) is 0 Å². The van der Waals surface area contributed by atoms with E-state index < -0.39 is 17.2 Å². The predicted octanol–water partition coefficient (Wildman–Crippen LogP) is 1.12. The first-order valence-electron chi connectivity index (χ1n) is 4.68. The summed E-state index contributed by atoms with van der Waals surface area (Å²) in [4.78, 5) is 17.9. The molecule has 15 heavy (non-hydrogen) atoms. The number of ether oxygens (including phenoxy) is 1. The summed E-state index contributed by atoms with van der Waals surface area (Å²) in [5.74, 6) is -0.528. The van der Waals surface area contributed by atoms with Gasteiger partial charge in [0.05, 0.1) is 18.1 Å². The van der Waals surface area contributed by atoms with Gasteiger partial charge in [-0.3, -0.25) is 0 Å². The van der Waals surface area contributed by atoms with Crippen LogP contribution in [0.5, 0.6) is 0 Å². The zero-order valence-electron chi connectivity index (χ0n) is 9.37. The van der Waals surface area contributed by atoms with Gasteiger partial charge >= 0.3 is 5.97 Å². The minimum Gasteiger partial charge on any atom is -0.452 e. The molecule has 0 saturated heterocycles. The number of imidazole rings is 1. The lowest BCUT2D eigenvalue weighted by molar-refractivity contribution is -0.117. The maximum absolute atomic E-state index is 11.6. The molecule has 5 nitrogen and oxygen atoms in total. The second-order valence-electron chi connectivity index (χ2n) is 4.42. The Hall–Kier alpha value is -1.36. The smallest absolute Gasteiger partial charge is 0.357 e. The van der Waals surface area contributed by atoms with Gasteiger partial charge in [0.1, 0.15) is 11.3 Å². The summed E-state index contributed by atoms with van der Waals surface area (Å²) in [6.45, 7) is 6.49. The van der Waals surface area contributed by atoms with Gasteiger partial charge in [0.25, 0.3) is 0 Å². The van der Waals surface area contributed by atoms with Crippen molar-refractivity contribution >= 4 is 5.97 Å². The highest BCUT2D eigenvalue weighted by Crippen LogP contribution is 2.25. The van der Waals surface area contributed by atoms with Crippen LogP contribution in [0.25, 0.3) is 0 Å². The van der Waals surface area contributed by atoms with Crippen molar-refractivity contribution in [2.75, 3.05) is 0 Å². The Morgan fingerprint density at radius 2 is 2.07 bits per heavy atom. The molecule has 0 aliphatic heterocycles. The van der Waals surface area contributed by atoms with Crippen LogP contribution in [-0.4, -0.2) is 32.2 Å². The quantitative estimate of drug-likeness (QED) is 0.736. The first kappa shape index (κ1) is 11.7. The molecule has 2 N–H and O–H groups in total. The van der Waals surface area contributed by atoms with Gasteiger partial charge < -0.3 is 14.8 Å². The van der Waals surface area contributed by atoms with Crippen molar-refractivity contribution < 1.29 is 14.6 Å². The lowest BCUT2D eigenvalue weighted by Gasteiger charge is -2.36. The molecule has 0 unspecified atom stereocenters. The molecule has 0 radical (unpaired) electrons. The van der Waals surface area contributed by atoms with Crippen molar-refractivity contribution in [1.29, 1.82) is 0 Å². The number of hydrogen-bond acceptors (Lipinski definition) is 4. The second-order valence-corrected chi connectivity index (χ2v) is 4.42. The van der Waals surface area contributed by atoms with Gasteiger partial charge in [0.2, 0.25) is 0 Å². The molecule has 0 aromatic carbocycles. The number of carbonyl (C=O) groups is 1. The fourth-order valence-electron chi connectivity index (χ4n) is 0.779. The average molecular weight is 212 g/mol. The molecule has 0 amide bonds. The monoisotopic (exact) mass is 212 g/mol. The Balaban J connectivity index is 2.75. The van der Waals surface area contributed by atoms with E-state index in [-0.39, 0.29) is 5.69 Å². The third-order valence-corrected chi connectivity index (χ3v) is 2.54. The molecule has 0 bridgehead atoms. The summed E-state index contributed by atoms with van der Waals surface area (Å²) in [5, 5.41) is 9.79. The van der Waals surface area contributed by atoms with Crippen molar-refractivity contribution in [2.45, 2.75) is 38.9 Å². The van der Waals surface area contributed by atoms with Crippen LogP contribution >= 0.6 is 0 Å². The van der Waals surface area contributed by atoms with E-state index in [2.05, 4.69) is 9.97 Å². The maximum atomic E-state index is 11.6. The molecule has 0 saturated carbocycles. The summed E-state index contributed by atoms with van der Waals surface area (Å²) in [6, 6.07) is 0. The van der Waals surface area contributed by atoms with Gasteiger partial charge in [-0.2, -0.15) is 0 Å². The summed E-state index contributed by atoms with van der Waals surface area (Å²) in [5.41, 5.74) is -1.80. The Morgan fingerprint density at radius 1 is 1.47 bits per heavy atom. The number of carbonyl (C=O) groups excluding carboxylic acids is 1. The predicted molar refractivity (Wildman–Crippen MR) is 54.4 cm³/mol. The van der Waals surface area contributed by atoms with Crippen molar-refractivity contribution in [3.63, 3.8) is 0 Å². The number of aromatic nitrogens is 2. The highest BCUT2D eigenvalue weighted by Gasteiger charge is 2.39. The van der Waals surface area contributed by atoms with E-state index in [0.29, 0.717) is 0 Å². The zero-order valence-corrected chi connectivity index (χ0v) is 9.37. The molecule has 1 aromatic rings. The van der Waals surface area contributed by atoms with Gasteiger partial charge in [-0.05, 0) is 27.7 Å². The average Bonchev–Trinajstić information content (AvgIpc) is 2.51. The molecule has 0 atom stereocenters. The first-order chi connectivity index (χ1) is 6.74. The number of nitrogens with zero attached hydrogens (tertiary/aromatic N) is 1. The third kappa shape index (κ3) is 2.56. The lowest BCUT2D eigenvalue weighted by Crippen LogP contribution is -2.48. The maximum Gasteiger partial charge on any atom is 0.357 e. The summed E-state index contributed by atoms with van der Waals surface area (Å²) in [7, 11) is 0. The van der Waals surface area contributed by atoms with Crippen LogP contribution in [0.15, 0.2) is 12.5 Å². The zero-order chi connectivity index (χ0) is 11.7. The largest absolute Gasteiger partial charge is 0.452 e. The lowest BCUT2D eigenvalue weighted by atomic mass is 9.89. The van der Waals surface area contributed by atoms with Crippen LogP contribution in [0.2, 0.25) is 0 Å². The third-order valence-electron chi connectivity index (χ3n) is 2.54. The Morgan fingerprint density at radius 3 is 2.47 bits per heavy atom.